The van der Waals surface area contributed by atoms with Gasteiger partial charge in [0.05, 0.1) is 47.3 Å². The lowest BCUT2D eigenvalue weighted by Gasteiger charge is -2.39. The highest BCUT2D eigenvalue weighted by atomic mass is 16.7. The van der Waals surface area contributed by atoms with Crippen molar-refractivity contribution in [2.45, 2.75) is 124 Å². The smallest absolute Gasteiger partial charge is 0.315 e. The molecule has 19 nitrogen and oxygen atoms in total. The number of piperidine rings is 1. The number of phenolic OH excluding ortho intramolecular Hbond substituents is 2. The maximum absolute atomic E-state index is 14.9. The van der Waals surface area contributed by atoms with Crippen molar-refractivity contribution in [2.75, 3.05) is 38.0 Å². The molecule has 2 saturated heterocycles. The van der Waals surface area contributed by atoms with Crippen LogP contribution in [0.1, 0.15) is 104 Å². The van der Waals surface area contributed by atoms with Crippen molar-refractivity contribution in [3.05, 3.63) is 70.4 Å². The number of aliphatic hydroxyl groups excluding tert-OH is 2. The Balaban J connectivity index is 1.17. The number of allylic oxidation sites excluding steroid dienone is 3. The normalized spacial score (nSPS) is 30.9. The number of phenols is 2. The summed E-state index contributed by atoms with van der Waals surface area (Å²) >= 11 is 0. The summed E-state index contributed by atoms with van der Waals surface area (Å²) in [6.45, 7) is 20.8. The SMILES string of the molecule is C/C1=C/C=C/[C@H](C)[C@H](O)[C@@H](C)[C@@H](O)[C@@H](C)[C@H](OC(=O)CC(=O)N2CC(n3ccnn3)C2)[C@H](C)[C@@H](C)/C=C/O[C@@]2(C)Oc3c(C)c(O)c4c(O)c(c5c(c4c3C2=O)NC2(CCN(CC(C)C)CC2)N=5)=NC1=O. The van der Waals surface area contributed by atoms with Crippen LogP contribution in [0.15, 0.2) is 58.5 Å². The summed E-state index contributed by atoms with van der Waals surface area (Å²) in [7, 11) is 0. The zero-order chi connectivity index (χ0) is 51.4. The Kier molecular flexibility index (Phi) is 14.3. The molecule has 6 aliphatic rings. The van der Waals surface area contributed by atoms with Gasteiger partial charge in [-0.2, -0.15) is 0 Å². The number of hydrogen-bond donors (Lipinski definition) is 5. The van der Waals surface area contributed by atoms with Gasteiger partial charge in [-0.15, -0.1) is 5.10 Å². The standard InChI is InChI=1S/C52H68N8O11/c1-26(2)23-58-18-15-52(16-19-58)55-40-37-38-45(65)33(9)48-39(37)49(67)51(10,71-48)69-21-14-27(3)30(6)47(70-36(62)22-35(61)59-24-34(25-59)60-20-17-53-57-60)32(8)44(64)31(7)43(63)28(4)12-11-13-29(5)50(68)54-42(46(38)66)41(40)56-52/h11-14,17,20-21,26-28,30-32,34,43-44,47,55,63-66H,15-16,18-19,22-25H2,1-10H3/b12-11+,21-14+,29-13-,54-42?/t27-,28-,30+,31+,32+,43-,44+,47+,51-/m0/s1. The van der Waals surface area contributed by atoms with Crippen LogP contribution in [0.4, 0.5) is 5.69 Å². The van der Waals surface area contributed by atoms with Crippen LogP contribution in [-0.4, -0.2) is 131 Å². The number of benzene rings is 2. The minimum atomic E-state index is -1.96. The Hall–Kier alpha value is -6.18. The molecular weight excluding hydrogens is 913 g/mol. The molecule has 19 heteroatoms. The zero-order valence-corrected chi connectivity index (χ0v) is 42.2. The van der Waals surface area contributed by atoms with Gasteiger partial charge in [-0.1, -0.05) is 71.9 Å². The minimum Gasteiger partial charge on any atom is -0.507 e. The van der Waals surface area contributed by atoms with E-state index in [1.807, 2.05) is 13.8 Å². The van der Waals surface area contributed by atoms with Gasteiger partial charge in [0.1, 0.15) is 40.4 Å². The second-order valence-corrected chi connectivity index (χ2v) is 21.0. The van der Waals surface area contributed by atoms with Crippen LogP contribution in [-0.2, 0) is 23.9 Å². The van der Waals surface area contributed by atoms with E-state index in [-0.39, 0.29) is 55.7 Å². The Morgan fingerprint density at radius 1 is 0.930 bits per heavy atom. The van der Waals surface area contributed by atoms with Crippen LogP contribution < -0.4 is 20.8 Å². The molecule has 0 radical (unpaired) electrons. The predicted octanol–water partition coefficient (Wildman–Crippen LogP) is 4.42. The van der Waals surface area contributed by atoms with Gasteiger partial charge in [-0.05, 0) is 37.7 Å². The topological polar surface area (TPSA) is 251 Å². The third-order valence-electron chi connectivity index (χ3n) is 15.4. The molecule has 0 aliphatic carbocycles. The highest BCUT2D eigenvalue weighted by Gasteiger charge is 2.51. The van der Waals surface area contributed by atoms with Crippen molar-refractivity contribution in [3.63, 3.8) is 0 Å². The van der Waals surface area contributed by atoms with Gasteiger partial charge in [0.15, 0.2) is 5.75 Å². The van der Waals surface area contributed by atoms with Crippen LogP contribution in [0.25, 0.3) is 10.8 Å². The van der Waals surface area contributed by atoms with Gasteiger partial charge in [0.2, 0.25) is 5.91 Å². The van der Waals surface area contributed by atoms with Gasteiger partial charge >= 0.3 is 11.8 Å². The van der Waals surface area contributed by atoms with E-state index in [0.717, 1.165) is 6.54 Å². The number of fused-ring (bicyclic) bond motifs is 13. The van der Waals surface area contributed by atoms with E-state index in [4.69, 9.17) is 19.2 Å². The van der Waals surface area contributed by atoms with Crippen molar-refractivity contribution in [1.29, 1.82) is 0 Å². The van der Waals surface area contributed by atoms with Crippen molar-refractivity contribution < 1.29 is 53.8 Å². The number of carbonyl (C=O) groups is 4. The van der Waals surface area contributed by atoms with Crippen molar-refractivity contribution in [1.82, 2.24) is 24.8 Å². The Morgan fingerprint density at radius 3 is 2.30 bits per heavy atom. The van der Waals surface area contributed by atoms with Gasteiger partial charge in [-0.25, -0.2) is 9.67 Å². The summed E-state index contributed by atoms with van der Waals surface area (Å²) in [6, 6.07) is -0.0539. The van der Waals surface area contributed by atoms with E-state index in [1.54, 1.807) is 69.9 Å². The highest BCUT2D eigenvalue weighted by Crippen LogP contribution is 2.51. The molecule has 1 spiro atoms. The monoisotopic (exact) mass is 981 g/mol. The number of hydrogen-bond acceptors (Lipinski definition) is 16. The van der Waals surface area contributed by atoms with Gasteiger partial charge < -0.3 is 49.8 Å². The fraction of sp³-hybridized carbons (Fsp3) is 0.577. The molecule has 0 unspecified atom stereocenters. The molecule has 9 rings (SSSR count). The zero-order valence-electron chi connectivity index (χ0n) is 42.2. The fourth-order valence-electron chi connectivity index (χ4n) is 10.6. The number of aliphatic hydroxyl groups is 2. The average molecular weight is 981 g/mol. The number of amides is 2. The van der Waals surface area contributed by atoms with Crippen molar-refractivity contribution >= 4 is 40.0 Å². The summed E-state index contributed by atoms with van der Waals surface area (Å²) < 4.78 is 20.3. The number of esters is 1. The van der Waals surface area contributed by atoms with Crippen LogP contribution >= 0.6 is 0 Å². The first-order valence-electron chi connectivity index (χ1n) is 24.7. The third-order valence-corrected chi connectivity index (χ3v) is 15.4. The molecule has 2 amide bonds. The predicted molar refractivity (Wildman–Crippen MR) is 261 cm³/mol. The summed E-state index contributed by atoms with van der Waals surface area (Å²) in [6.07, 6.45) is 8.47. The van der Waals surface area contributed by atoms with E-state index in [2.05, 4.69) is 39.4 Å². The number of carbonyl (C=O) groups excluding carboxylic acids is 4. The Morgan fingerprint density at radius 2 is 1.63 bits per heavy atom. The number of ketones is 1. The van der Waals surface area contributed by atoms with Crippen molar-refractivity contribution in [2.24, 2.45) is 45.5 Å². The fourth-order valence-corrected chi connectivity index (χ4v) is 10.6. The van der Waals surface area contributed by atoms with E-state index >= 15 is 0 Å². The number of likely N-dealkylation sites (tertiary alicyclic amines) is 2. The van der Waals surface area contributed by atoms with Crippen molar-refractivity contribution in [3.8, 4) is 17.2 Å². The summed E-state index contributed by atoms with van der Waals surface area (Å²) in [5, 5.41) is 59.1. The largest absolute Gasteiger partial charge is 0.507 e. The molecule has 9 atom stereocenters. The molecule has 3 aromatic rings. The van der Waals surface area contributed by atoms with E-state index in [0.29, 0.717) is 50.6 Å². The number of aromatic nitrogens is 3. The van der Waals surface area contributed by atoms with E-state index in [9.17, 15) is 39.6 Å². The molecule has 7 heterocycles. The van der Waals surface area contributed by atoms with Crippen LogP contribution in [0, 0.1) is 42.4 Å². The maximum atomic E-state index is 14.9. The number of Topliss-reactive ketones (excluding diaryl/α,β-unsaturated/α-hetero) is 1. The number of nitrogens with zero attached hydrogens (tertiary/aromatic N) is 7. The summed E-state index contributed by atoms with van der Waals surface area (Å²) in [5.74, 6) is -7.86. The molecule has 2 fully saturated rings. The number of aromatic hydroxyl groups is 2. The molecule has 71 heavy (non-hydrogen) atoms. The number of anilines is 1. The molecule has 382 valence electrons. The van der Waals surface area contributed by atoms with Crippen LogP contribution in [0.3, 0.4) is 0 Å². The summed E-state index contributed by atoms with van der Waals surface area (Å²) in [5.41, 5.74) is -0.170. The third kappa shape index (κ3) is 9.67. The first-order chi connectivity index (χ1) is 33.5. The average Bonchev–Trinajstić information content (AvgIpc) is 4.04. The quantitative estimate of drug-likeness (QED) is 0.130. The molecule has 0 saturated carbocycles. The first-order valence-corrected chi connectivity index (χ1v) is 24.7. The number of rotatable bonds is 6. The summed E-state index contributed by atoms with van der Waals surface area (Å²) in [4.78, 5) is 69.2. The van der Waals surface area contributed by atoms with Gasteiger partial charge in [0, 0.05) is 93.0 Å². The molecule has 1 aromatic heterocycles. The van der Waals surface area contributed by atoms with Gasteiger partial charge in [-0.3, -0.25) is 24.2 Å². The molecule has 2 aromatic carbocycles. The number of nitrogens with one attached hydrogen (secondary N) is 1. The Labute approximate surface area is 412 Å². The molecule has 6 aliphatic heterocycles. The molecule has 5 N–H and O–H groups in total. The second kappa shape index (κ2) is 19.8. The second-order valence-electron chi connectivity index (χ2n) is 21.0. The number of ether oxygens (including phenoxy) is 3. The van der Waals surface area contributed by atoms with Crippen LogP contribution in [0.2, 0.25) is 0 Å². The molecule has 5 bridgehead atoms. The maximum Gasteiger partial charge on any atom is 0.315 e. The first kappa shape index (κ1) is 51.2. The molecular formula is C52H68N8O11. The van der Waals surface area contributed by atoms with E-state index in [1.165, 1.54) is 24.2 Å². The Bertz CT molecular complexity index is 2810. The highest BCUT2D eigenvalue weighted by molar-refractivity contribution is 6.21. The lowest BCUT2D eigenvalue weighted by molar-refractivity contribution is -0.164. The lowest BCUT2D eigenvalue weighted by atomic mass is 9.77. The van der Waals surface area contributed by atoms with Crippen LogP contribution in [0.5, 0.6) is 17.2 Å². The van der Waals surface area contributed by atoms with Gasteiger partial charge in [0.25, 0.3) is 11.7 Å². The van der Waals surface area contributed by atoms with E-state index < -0.39 is 95.1 Å². The lowest BCUT2D eigenvalue weighted by Crippen LogP contribution is -2.51. The minimum absolute atomic E-state index is 0.0478.